The number of hydrogen-bond acceptors (Lipinski definition) is 10. The van der Waals surface area contributed by atoms with Crippen LogP contribution < -0.4 is 31.6 Å². The van der Waals surface area contributed by atoms with E-state index in [1.807, 2.05) is 32.2 Å². The van der Waals surface area contributed by atoms with E-state index < -0.39 is 6.04 Å². The van der Waals surface area contributed by atoms with Gasteiger partial charge in [0, 0.05) is 5.56 Å². The summed E-state index contributed by atoms with van der Waals surface area (Å²) in [6, 6.07) is 6.74. The molecule has 0 amide bonds. The highest BCUT2D eigenvalue weighted by atomic mass is 16.5. The summed E-state index contributed by atoms with van der Waals surface area (Å²) in [6.45, 7) is 4.71. The quantitative estimate of drug-likeness (QED) is 0.438. The van der Waals surface area contributed by atoms with Gasteiger partial charge in [-0.3, -0.25) is 5.32 Å². The zero-order valence-electron chi connectivity index (χ0n) is 16.0. The van der Waals surface area contributed by atoms with Crippen LogP contribution in [0.15, 0.2) is 23.2 Å². The fraction of sp³-hybridized carbons (Fsp3) is 0.263. The predicted octanol–water partition coefficient (Wildman–Crippen LogP) is 1.86. The third-order valence-corrected chi connectivity index (χ3v) is 4.24. The first kappa shape index (κ1) is 19.6. The molecule has 6 N–H and O–H groups in total. The molecule has 2 aromatic rings. The fourth-order valence-electron chi connectivity index (χ4n) is 3.06. The molecule has 1 aliphatic heterocycles. The molecule has 1 aromatic heterocycles. The van der Waals surface area contributed by atoms with Crippen molar-refractivity contribution in [3.63, 3.8) is 0 Å². The van der Waals surface area contributed by atoms with E-state index in [9.17, 15) is 5.26 Å². The summed E-state index contributed by atoms with van der Waals surface area (Å²) < 4.78 is 11.3. The molecule has 1 atom stereocenters. The van der Waals surface area contributed by atoms with Crippen molar-refractivity contribution in [2.45, 2.75) is 19.9 Å². The number of nitrogens with zero attached hydrogens (tertiary/aromatic N) is 4. The zero-order chi connectivity index (χ0) is 21.0. The minimum atomic E-state index is -0.641. The van der Waals surface area contributed by atoms with Crippen molar-refractivity contribution in [3.8, 4) is 23.8 Å². The van der Waals surface area contributed by atoms with E-state index in [-0.39, 0.29) is 23.0 Å². The number of ether oxygens (including phenoxy) is 2. The summed E-state index contributed by atoms with van der Waals surface area (Å²) >= 11 is 0. The molecule has 0 bridgehead atoms. The molecule has 0 aliphatic carbocycles. The largest absolute Gasteiger partial charge is 0.490 e. The van der Waals surface area contributed by atoms with Gasteiger partial charge in [0.25, 0.3) is 0 Å². The summed E-state index contributed by atoms with van der Waals surface area (Å²) in [4.78, 5) is 8.77. The number of aliphatic imine (C=N–C) groups is 1. The minimum Gasteiger partial charge on any atom is -0.490 e. The third-order valence-electron chi connectivity index (χ3n) is 4.24. The Morgan fingerprint density at radius 1 is 1.17 bits per heavy atom. The summed E-state index contributed by atoms with van der Waals surface area (Å²) in [5.41, 5.74) is 13.6. The molecule has 0 saturated carbocycles. The fourth-order valence-corrected chi connectivity index (χ4v) is 3.06. The Morgan fingerprint density at radius 3 is 2.55 bits per heavy atom. The topological polar surface area (TPSA) is 167 Å². The van der Waals surface area contributed by atoms with Crippen LogP contribution in [0.1, 0.15) is 36.6 Å². The van der Waals surface area contributed by atoms with Crippen LogP contribution in [0, 0.1) is 22.8 Å². The first-order valence-electron chi connectivity index (χ1n) is 8.92. The van der Waals surface area contributed by atoms with Crippen molar-refractivity contribution < 1.29 is 9.47 Å². The maximum atomic E-state index is 9.41. The summed E-state index contributed by atoms with van der Waals surface area (Å²) in [6.07, 6.45) is 1.82. The van der Waals surface area contributed by atoms with Gasteiger partial charge in [0.15, 0.2) is 17.7 Å². The molecule has 148 valence electrons. The minimum absolute atomic E-state index is 0.00472. The lowest BCUT2D eigenvalue weighted by Crippen LogP contribution is -2.32. The van der Waals surface area contributed by atoms with Gasteiger partial charge < -0.3 is 26.3 Å². The molecule has 29 heavy (non-hydrogen) atoms. The lowest BCUT2D eigenvalue weighted by molar-refractivity contribution is 0.287. The lowest BCUT2D eigenvalue weighted by atomic mass is 9.95. The Hall–Kier alpha value is -4.18. The van der Waals surface area contributed by atoms with Crippen molar-refractivity contribution >= 4 is 23.3 Å². The maximum absolute atomic E-state index is 9.41. The zero-order valence-corrected chi connectivity index (χ0v) is 16.0. The highest BCUT2D eigenvalue weighted by Gasteiger charge is 2.30. The number of nitriles is 2. The van der Waals surface area contributed by atoms with Crippen molar-refractivity contribution in [2.75, 3.05) is 30.0 Å². The molecule has 0 fully saturated rings. The molecular weight excluding hydrogens is 372 g/mol. The number of nitrogens with two attached hydrogens (primary N) is 2. The Morgan fingerprint density at radius 2 is 1.90 bits per heavy atom. The molecule has 3 rings (SSSR count). The molecule has 0 saturated heterocycles. The Bertz CT molecular complexity index is 1050. The van der Waals surface area contributed by atoms with Crippen LogP contribution in [0.2, 0.25) is 0 Å². The molecule has 1 unspecified atom stereocenters. The number of aromatic nitrogens is 1. The average molecular weight is 392 g/mol. The van der Waals surface area contributed by atoms with Gasteiger partial charge in [-0.1, -0.05) is 6.07 Å². The van der Waals surface area contributed by atoms with Crippen LogP contribution in [0.3, 0.4) is 0 Å². The van der Waals surface area contributed by atoms with Crippen LogP contribution in [0.5, 0.6) is 11.5 Å². The number of hydrogen-bond donors (Lipinski definition) is 4. The highest BCUT2D eigenvalue weighted by molar-refractivity contribution is 5.98. The van der Waals surface area contributed by atoms with Gasteiger partial charge in [0.2, 0.25) is 5.96 Å². The van der Waals surface area contributed by atoms with Gasteiger partial charge in [0.05, 0.1) is 18.9 Å². The number of rotatable bonds is 5. The Kier molecular flexibility index (Phi) is 5.56. The standard InChI is InChI=1S/C19H20N8O2/c1-3-28-12-6-5-10(7-13(12)29-4-2)16-14-15(22)11(8-20)17(23)26-18(14)27-19(25-16)24-9-21/h5-7,16H,3-4H2,1-2H3,(H6,22,23,24,25,26,27). The van der Waals surface area contributed by atoms with Crippen molar-refractivity contribution in [3.05, 3.63) is 34.9 Å². The SMILES string of the molecule is CCOc1ccc(C2N=C(NC#N)Nc3nc(N)c(C#N)c(N)c32)cc1OCC. The van der Waals surface area contributed by atoms with E-state index in [4.69, 9.17) is 26.2 Å². The van der Waals surface area contributed by atoms with Crippen LogP contribution in [-0.2, 0) is 0 Å². The number of pyridine rings is 1. The third kappa shape index (κ3) is 3.64. The Balaban J connectivity index is 2.19. The number of anilines is 3. The molecular formula is C19H20N8O2. The second-order valence-corrected chi connectivity index (χ2v) is 5.97. The van der Waals surface area contributed by atoms with Gasteiger partial charge in [-0.2, -0.15) is 10.5 Å². The molecule has 1 aromatic carbocycles. The van der Waals surface area contributed by atoms with Gasteiger partial charge >= 0.3 is 0 Å². The van der Waals surface area contributed by atoms with Crippen LogP contribution in [0.4, 0.5) is 17.3 Å². The molecule has 10 nitrogen and oxygen atoms in total. The monoisotopic (exact) mass is 392 g/mol. The normalized spacial score (nSPS) is 14.5. The average Bonchev–Trinajstić information content (AvgIpc) is 2.69. The first-order valence-corrected chi connectivity index (χ1v) is 8.92. The molecule has 2 heterocycles. The van der Waals surface area contributed by atoms with Crippen LogP contribution in [-0.4, -0.2) is 24.2 Å². The van der Waals surface area contributed by atoms with Crippen molar-refractivity contribution in [1.82, 2.24) is 10.3 Å². The first-order chi connectivity index (χ1) is 14.0. The molecule has 10 heteroatoms. The van der Waals surface area contributed by atoms with E-state index in [2.05, 4.69) is 20.6 Å². The van der Waals surface area contributed by atoms with E-state index >= 15 is 0 Å². The number of nitrogens with one attached hydrogen (secondary N) is 2. The van der Waals surface area contributed by atoms with Crippen LogP contribution >= 0.6 is 0 Å². The smallest absolute Gasteiger partial charge is 0.211 e. The number of fused-ring (bicyclic) bond motifs is 1. The second kappa shape index (κ2) is 8.23. The second-order valence-electron chi connectivity index (χ2n) is 5.97. The number of benzene rings is 1. The predicted molar refractivity (Wildman–Crippen MR) is 108 cm³/mol. The van der Waals surface area contributed by atoms with E-state index in [1.54, 1.807) is 12.1 Å². The van der Waals surface area contributed by atoms with E-state index in [0.717, 1.165) is 5.56 Å². The molecule has 1 aliphatic rings. The van der Waals surface area contributed by atoms with E-state index in [1.165, 1.54) is 0 Å². The lowest BCUT2D eigenvalue weighted by Gasteiger charge is -2.26. The highest BCUT2D eigenvalue weighted by Crippen LogP contribution is 2.42. The molecule has 0 spiro atoms. The molecule has 0 radical (unpaired) electrons. The summed E-state index contributed by atoms with van der Waals surface area (Å²) in [5, 5.41) is 23.7. The maximum Gasteiger partial charge on any atom is 0.211 e. The summed E-state index contributed by atoms with van der Waals surface area (Å²) in [7, 11) is 0. The van der Waals surface area contributed by atoms with E-state index in [0.29, 0.717) is 36.1 Å². The number of guanidine groups is 1. The summed E-state index contributed by atoms with van der Waals surface area (Å²) in [5.74, 6) is 1.67. The van der Waals surface area contributed by atoms with Gasteiger partial charge in [-0.05, 0) is 31.5 Å². The van der Waals surface area contributed by atoms with Gasteiger partial charge in [0.1, 0.15) is 29.3 Å². The van der Waals surface area contributed by atoms with Crippen molar-refractivity contribution in [2.24, 2.45) is 4.99 Å². The number of nitrogen functional groups attached to an aromatic ring is 2. The Labute approximate surface area is 167 Å². The van der Waals surface area contributed by atoms with Gasteiger partial charge in [-0.25, -0.2) is 9.98 Å². The van der Waals surface area contributed by atoms with Crippen LogP contribution in [0.25, 0.3) is 0 Å². The van der Waals surface area contributed by atoms with Gasteiger partial charge in [-0.15, -0.1) is 0 Å². The van der Waals surface area contributed by atoms with Crippen molar-refractivity contribution in [1.29, 1.82) is 10.5 Å².